The second-order valence-corrected chi connectivity index (χ2v) is 19.2. The number of fused-ring (bicyclic) bond motifs is 6. The summed E-state index contributed by atoms with van der Waals surface area (Å²) < 4.78 is 0. The molecule has 304 valence electrons. The van der Waals surface area contributed by atoms with Crippen LogP contribution in [0.1, 0.15) is 84.4 Å². The van der Waals surface area contributed by atoms with E-state index in [2.05, 4.69) is 200 Å². The van der Waals surface area contributed by atoms with Gasteiger partial charge in [0.05, 0.1) is 5.69 Å². The molecule has 0 amide bonds. The minimum atomic E-state index is -0.0944. The number of para-hydroxylation sites is 1. The molecule has 15 rings (SSSR count). The molecule has 0 aromatic heterocycles. The first-order valence-electron chi connectivity index (χ1n) is 23.2. The SMILES string of the molecule is CC1(C)c2ccccc2-c2ccc(N(c3cc4ccc3CCc3ccc(c(N(c5ccccc5)c5ccc(C6CC7CCC6C7)cc5)c3)CC4)c3cccc4ccccc34)cc21. The average molecular weight is 803 g/mol. The summed E-state index contributed by atoms with van der Waals surface area (Å²) in [6.07, 6.45) is 9.43. The number of anilines is 6. The highest BCUT2D eigenvalue weighted by Gasteiger charge is 2.40. The van der Waals surface area contributed by atoms with E-state index in [-0.39, 0.29) is 5.41 Å². The molecule has 7 aliphatic carbocycles. The first-order chi connectivity index (χ1) is 30.5. The Balaban J connectivity index is 0.947. The number of rotatable bonds is 7. The molecule has 8 aromatic carbocycles. The Kier molecular flexibility index (Phi) is 8.99. The Bertz CT molecular complexity index is 2970. The maximum atomic E-state index is 2.58. The van der Waals surface area contributed by atoms with E-state index in [1.54, 1.807) is 0 Å². The number of benzene rings is 8. The number of hydrogen-bond acceptors (Lipinski definition) is 2. The summed E-state index contributed by atoms with van der Waals surface area (Å²) >= 11 is 0. The van der Waals surface area contributed by atoms with Crippen molar-refractivity contribution in [1.29, 1.82) is 0 Å². The summed E-state index contributed by atoms with van der Waals surface area (Å²) in [4.78, 5) is 5.11. The Morgan fingerprint density at radius 3 is 1.84 bits per heavy atom. The lowest BCUT2D eigenvalue weighted by Crippen LogP contribution is -2.18. The van der Waals surface area contributed by atoms with E-state index in [9.17, 15) is 0 Å². The van der Waals surface area contributed by atoms with Crippen LogP contribution in [-0.2, 0) is 31.1 Å². The van der Waals surface area contributed by atoms with Crippen LogP contribution < -0.4 is 9.80 Å². The Morgan fingerprint density at radius 2 is 1.10 bits per heavy atom. The van der Waals surface area contributed by atoms with Gasteiger partial charge in [0.1, 0.15) is 0 Å². The highest BCUT2D eigenvalue weighted by Crippen LogP contribution is 2.54. The zero-order chi connectivity index (χ0) is 41.4. The van der Waals surface area contributed by atoms with Crippen LogP contribution in [0, 0.1) is 11.8 Å². The van der Waals surface area contributed by atoms with Gasteiger partial charge < -0.3 is 9.80 Å². The fourth-order valence-electron chi connectivity index (χ4n) is 12.1. The van der Waals surface area contributed by atoms with Crippen LogP contribution >= 0.6 is 0 Å². The van der Waals surface area contributed by atoms with Crippen LogP contribution in [0.4, 0.5) is 34.1 Å². The molecule has 2 nitrogen and oxygen atoms in total. The van der Waals surface area contributed by atoms with Crippen LogP contribution in [0.2, 0.25) is 0 Å². The summed E-state index contributed by atoms with van der Waals surface area (Å²) in [7, 11) is 0. The fraction of sp³-hybridized carbons (Fsp3) is 0.233. The summed E-state index contributed by atoms with van der Waals surface area (Å²) in [5.41, 5.74) is 19.9. The minimum absolute atomic E-state index is 0.0944. The molecule has 2 fully saturated rings. The van der Waals surface area contributed by atoms with Crippen molar-refractivity contribution in [2.24, 2.45) is 11.8 Å². The van der Waals surface area contributed by atoms with E-state index >= 15 is 0 Å². The molecule has 0 spiro atoms. The van der Waals surface area contributed by atoms with Crippen LogP contribution in [0.5, 0.6) is 0 Å². The highest BCUT2D eigenvalue weighted by molar-refractivity contribution is 6.00. The summed E-state index contributed by atoms with van der Waals surface area (Å²) in [6, 6.07) is 67.3. The third-order valence-corrected chi connectivity index (χ3v) is 15.3. The van der Waals surface area contributed by atoms with E-state index in [1.165, 1.54) is 121 Å². The van der Waals surface area contributed by atoms with Gasteiger partial charge in [-0.15, -0.1) is 0 Å². The number of hydrogen-bond donors (Lipinski definition) is 0. The van der Waals surface area contributed by atoms with Gasteiger partial charge in [0.15, 0.2) is 0 Å². The van der Waals surface area contributed by atoms with Gasteiger partial charge >= 0.3 is 0 Å². The van der Waals surface area contributed by atoms with E-state index < -0.39 is 0 Å². The Hall–Kier alpha value is -6.38. The van der Waals surface area contributed by atoms with Crippen molar-refractivity contribution in [3.63, 3.8) is 0 Å². The fourth-order valence-corrected chi connectivity index (χ4v) is 12.1. The minimum Gasteiger partial charge on any atom is -0.310 e. The maximum Gasteiger partial charge on any atom is 0.0540 e. The lowest BCUT2D eigenvalue weighted by Gasteiger charge is -2.32. The maximum absolute atomic E-state index is 2.58. The summed E-state index contributed by atoms with van der Waals surface area (Å²) in [6.45, 7) is 4.78. The first-order valence-corrected chi connectivity index (χ1v) is 23.2. The molecule has 8 aromatic rings. The zero-order valence-electron chi connectivity index (χ0n) is 36.0. The lowest BCUT2D eigenvalue weighted by molar-refractivity contribution is 0.420. The van der Waals surface area contributed by atoms with Gasteiger partial charge in [-0.25, -0.2) is 0 Å². The molecule has 2 heteroatoms. The zero-order valence-corrected chi connectivity index (χ0v) is 36.0. The van der Waals surface area contributed by atoms with Crippen molar-refractivity contribution >= 4 is 44.9 Å². The highest BCUT2D eigenvalue weighted by atomic mass is 15.2. The van der Waals surface area contributed by atoms with Crippen molar-refractivity contribution in [2.75, 3.05) is 9.80 Å². The van der Waals surface area contributed by atoms with Crippen molar-refractivity contribution in [1.82, 2.24) is 0 Å². The molecule has 6 bridgehead atoms. The second-order valence-electron chi connectivity index (χ2n) is 19.2. The molecular formula is C60H54N2. The van der Waals surface area contributed by atoms with Crippen molar-refractivity contribution in [3.8, 4) is 11.1 Å². The predicted octanol–water partition coefficient (Wildman–Crippen LogP) is 15.9. The van der Waals surface area contributed by atoms with Crippen molar-refractivity contribution in [2.45, 2.75) is 76.5 Å². The van der Waals surface area contributed by atoms with Gasteiger partial charge in [-0.05, 0) is 173 Å². The largest absolute Gasteiger partial charge is 0.310 e. The number of aryl methyl sites for hydroxylation is 4. The topological polar surface area (TPSA) is 6.48 Å². The molecular weight excluding hydrogens is 749 g/mol. The monoisotopic (exact) mass is 802 g/mol. The third kappa shape index (κ3) is 6.29. The van der Waals surface area contributed by atoms with Gasteiger partial charge in [-0.1, -0.05) is 142 Å². The molecule has 0 heterocycles. The van der Waals surface area contributed by atoms with E-state index in [1.807, 2.05) is 0 Å². The molecule has 7 aliphatic rings. The molecule has 0 aliphatic heterocycles. The van der Waals surface area contributed by atoms with Crippen LogP contribution in [0.3, 0.4) is 0 Å². The normalized spacial score (nSPS) is 19.2. The molecule has 0 N–H and O–H groups in total. The Morgan fingerprint density at radius 1 is 0.452 bits per heavy atom. The van der Waals surface area contributed by atoms with Gasteiger partial charge in [-0.3, -0.25) is 0 Å². The van der Waals surface area contributed by atoms with Gasteiger partial charge in [0.25, 0.3) is 0 Å². The van der Waals surface area contributed by atoms with E-state index in [4.69, 9.17) is 0 Å². The quantitative estimate of drug-likeness (QED) is 0.158. The molecule has 3 unspecified atom stereocenters. The van der Waals surface area contributed by atoms with Gasteiger partial charge in [-0.2, -0.15) is 0 Å². The van der Waals surface area contributed by atoms with E-state index in [0.717, 1.165) is 43.4 Å². The van der Waals surface area contributed by atoms with Gasteiger partial charge in [0, 0.05) is 39.2 Å². The predicted molar refractivity (Wildman–Crippen MR) is 260 cm³/mol. The molecule has 0 radical (unpaired) electrons. The third-order valence-electron chi connectivity index (χ3n) is 15.3. The molecule has 0 saturated heterocycles. The van der Waals surface area contributed by atoms with Gasteiger partial charge in [0.2, 0.25) is 0 Å². The summed E-state index contributed by atoms with van der Waals surface area (Å²) in [5.74, 6) is 2.56. The molecule has 3 atom stereocenters. The smallest absolute Gasteiger partial charge is 0.0540 e. The van der Waals surface area contributed by atoms with Crippen molar-refractivity contribution < 1.29 is 0 Å². The second kappa shape index (κ2) is 14.9. The Labute approximate surface area is 367 Å². The van der Waals surface area contributed by atoms with Crippen LogP contribution in [-0.4, -0.2) is 0 Å². The van der Waals surface area contributed by atoms with E-state index in [0.29, 0.717) is 0 Å². The molecule has 62 heavy (non-hydrogen) atoms. The standard InChI is InChI=1S/C60H54N2/c1-60(2)55-17-9-8-16-52(55)53-34-33-50(39-56(53)60)62(57-18-10-12-43-11-6-7-15-51(43)57)59-38-41-20-25-45-24-19-40(21-26-46(59)27-22-41)37-58(45)61(48-13-4-3-5-14-48)49-31-29-44(30-32-49)54-36-42-23-28-47(54)35-42/h3-19,22,24,27,29-34,37-39,42,47,54H,20-21,23,25-26,28,35-36H2,1-2H3. The number of nitrogens with zero attached hydrogens (tertiary/aromatic N) is 2. The lowest BCUT2D eigenvalue weighted by atomic mass is 9.82. The molecule has 2 saturated carbocycles. The van der Waals surface area contributed by atoms with Crippen LogP contribution in [0.25, 0.3) is 21.9 Å². The van der Waals surface area contributed by atoms with Crippen molar-refractivity contribution in [3.05, 3.63) is 215 Å². The summed E-state index contributed by atoms with van der Waals surface area (Å²) in [5, 5.41) is 2.52. The van der Waals surface area contributed by atoms with Crippen LogP contribution in [0.15, 0.2) is 176 Å². The first kappa shape index (κ1) is 37.4. The average Bonchev–Trinajstić information content (AvgIpc) is 4.01.